The lowest BCUT2D eigenvalue weighted by Gasteiger charge is -2.47. The van der Waals surface area contributed by atoms with Crippen molar-refractivity contribution in [2.75, 3.05) is 20.2 Å². The summed E-state index contributed by atoms with van der Waals surface area (Å²) in [7, 11) is 1.66. The van der Waals surface area contributed by atoms with Gasteiger partial charge in [0.2, 0.25) is 0 Å². The van der Waals surface area contributed by atoms with E-state index in [1.807, 2.05) is 84.9 Å². The maximum Gasteiger partial charge on any atom is 0.125 e. The van der Waals surface area contributed by atoms with Gasteiger partial charge in [-0.1, -0.05) is 78.9 Å². The van der Waals surface area contributed by atoms with Gasteiger partial charge >= 0.3 is 0 Å². The van der Waals surface area contributed by atoms with E-state index >= 15 is 0 Å². The predicted octanol–water partition coefficient (Wildman–Crippen LogP) is 5.23. The Balaban J connectivity index is 1.84. The second-order valence-corrected chi connectivity index (χ2v) is 7.83. The van der Waals surface area contributed by atoms with Gasteiger partial charge in [0.05, 0.1) is 25.4 Å². The van der Waals surface area contributed by atoms with Crippen LogP contribution in [0.25, 0.3) is 0 Å². The molecule has 5 heteroatoms. The number of benzene rings is 3. The van der Waals surface area contributed by atoms with Crippen molar-refractivity contribution in [1.29, 1.82) is 10.5 Å². The van der Waals surface area contributed by atoms with Crippen molar-refractivity contribution in [3.8, 4) is 17.9 Å². The van der Waals surface area contributed by atoms with Crippen LogP contribution in [-0.4, -0.2) is 30.0 Å². The van der Waals surface area contributed by atoms with E-state index in [0.29, 0.717) is 0 Å². The number of hydrogen-bond acceptors (Lipinski definition) is 5. The van der Waals surface area contributed by atoms with Crippen LogP contribution in [0, 0.1) is 22.7 Å². The van der Waals surface area contributed by atoms with E-state index < -0.39 is 12.1 Å². The van der Waals surface area contributed by atoms with Gasteiger partial charge in [-0.25, -0.2) is 0 Å². The van der Waals surface area contributed by atoms with Crippen molar-refractivity contribution in [3.63, 3.8) is 0 Å². The molecule has 0 N–H and O–H groups in total. The van der Waals surface area contributed by atoms with Crippen LogP contribution < -0.4 is 4.74 Å². The molecule has 0 spiro atoms. The number of ether oxygens (including phenoxy) is 1. The Bertz CT molecular complexity index is 1040. The monoisotopic (exact) mass is 422 g/mol. The Morgan fingerprint density at radius 2 is 1.22 bits per heavy atom. The summed E-state index contributed by atoms with van der Waals surface area (Å²) in [5.74, 6) is 0.754. The average Bonchev–Trinajstić information content (AvgIpc) is 2.86. The molecule has 3 aromatic carbocycles. The summed E-state index contributed by atoms with van der Waals surface area (Å²) in [6.07, 6.45) is 0.580. The first-order chi connectivity index (χ1) is 15.8. The number of rotatable bonds is 6. The molecule has 0 radical (unpaired) electrons. The smallest absolute Gasteiger partial charge is 0.125 e. The van der Waals surface area contributed by atoms with Gasteiger partial charge in [-0.2, -0.15) is 10.5 Å². The third kappa shape index (κ3) is 4.22. The SMILES string of the molecule is COc1ccccc1C1N(C(C#N)c2ccccc2)CCCN1C(C#N)c1ccccc1. The summed E-state index contributed by atoms with van der Waals surface area (Å²) in [6, 6.07) is 31.8. The van der Waals surface area contributed by atoms with Gasteiger partial charge in [0.1, 0.15) is 17.8 Å². The third-order valence-corrected chi connectivity index (χ3v) is 6.02. The molecule has 2 atom stereocenters. The fourth-order valence-electron chi connectivity index (χ4n) is 4.60. The van der Waals surface area contributed by atoms with E-state index in [2.05, 4.69) is 21.9 Å². The molecule has 0 bridgehead atoms. The standard InChI is InChI=1S/C27H26N4O/c1-32-26-16-9-8-15-23(26)27-30(24(19-28)21-11-4-2-5-12-21)17-10-18-31(27)25(20-29)22-13-6-3-7-14-22/h2-9,11-16,24-25,27H,10,17-18H2,1H3. The van der Waals surface area contributed by atoms with Crippen molar-refractivity contribution >= 4 is 0 Å². The van der Waals surface area contributed by atoms with Crippen LogP contribution in [0.2, 0.25) is 0 Å². The zero-order chi connectivity index (χ0) is 22.3. The van der Waals surface area contributed by atoms with Crippen LogP contribution in [0.5, 0.6) is 5.75 Å². The summed E-state index contributed by atoms with van der Waals surface area (Å²) >= 11 is 0. The largest absolute Gasteiger partial charge is 0.496 e. The Kier molecular flexibility index (Phi) is 6.82. The molecule has 0 saturated carbocycles. The summed E-state index contributed by atoms with van der Waals surface area (Å²) in [4.78, 5) is 4.40. The lowest BCUT2D eigenvalue weighted by atomic mass is 9.96. The van der Waals surface area contributed by atoms with Crippen LogP contribution in [0.1, 0.15) is 41.4 Å². The van der Waals surface area contributed by atoms with Gasteiger partial charge in [0, 0.05) is 18.7 Å². The molecule has 160 valence electrons. The molecule has 5 nitrogen and oxygen atoms in total. The molecule has 1 aliphatic heterocycles. The highest BCUT2D eigenvalue weighted by atomic mass is 16.5. The topological polar surface area (TPSA) is 63.3 Å². The molecule has 0 amide bonds. The number of nitriles is 2. The minimum atomic E-state index is -0.441. The Hall–Kier alpha value is -3.64. The highest BCUT2D eigenvalue weighted by molar-refractivity contribution is 5.38. The molecular weight excluding hydrogens is 396 g/mol. The van der Waals surface area contributed by atoms with E-state index in [1.165, 1.54) is 0 Å². The van der Waals surface area contributed by atoms with Crippen LogP contribution in [0.3, 0.4) is 0 Å². The van der Waals surface area contributed by atoms with Crippen LogP contribution >= 0.6 is 0 Å². The zero-order valence-corrected chi connectivity index (χ0v) is 18.1. The lowest BCUT2D eigenvalue weighted by molar-refractivity contribution is -0.0297. The van der Waals surface area contributed by atoms with Crippen molar-refractivity contribution < 1.29 is 4.74 Å². The molecule has 3 aromatic rings. The Morgan fingerprint density at radius 3 is 1.69 bits per heavy atom. The van der Waals surface area contributed by atoms with E-state index in [9.17, 15) is 10.5 Å². The highest BCUT2D eigenvalue weighted by Gasteiger charge is 2.40. The van der Waals surface area contributed by atoms with Crippen LogP contribution in [-0.2, 0) is 0 Å². The van der Waals surface area contributed by atoms with Gasteiger partial charge in [0.25, 0.3) is 0 Å². The maximum absolute atomic E-state index is 10.2. The molecule has 2 unspecified atom stereocenters. The molecule has 1 aliphatic rings. The first kappa shape index (κ1) is 21.6. The fourth-order valence-corrected chi connectivity index (χ4v) is 4.60. The van der Waals surface area contributed by atoms with Crippen molar-refractivity contribution in [2.45, 2.75) is 24.7 Å². The predicted molar refractivity (Wildman–Crippen MR) is 123 cm³/mol. The number of para-hydroxylation sites is 1. The molecule has 4 rings (SSSR count). The fraction of sp³-hybridized carbons (Fsp3) is 0.259. The van der Waals surface area contributed by atoms with E-state index in [1.54, 1.807) is 7.11 Å². The number of nitrogens with zero attached hydrogens (tertiary/aromatic N) is 4. The third-order valence-electron chi connectivity index (χ3n) is 6.02. The summed E-state index contributed by atoms with van der Waals surface area (Å²) in [5, 5.41) is 20.4. The number of methoxy groups -OCH3 is 1. The molecule has 0 aliphatic carbocycles. The normalized spacial score (nSPS) is 18.8. The molecular formula is C27H26N4O. The van der Waals surface area contributed by atoms with E-state index in [4.69, 9.17) is 4.74 Å². The second kappa shape index (κ2) is 10.1. The zero-order valence-electron chi connectivity index (χ0n) is 18.1. The summed E-state index contributed by atoms with van der Waals surface area (Å²) in [5.41, 5.74) is 2.86. The van der Waals surface area contributed by atoms with E-state index in [-0.39, 0.29) is 6.17 Å². The lowest BCUT2D eigenvalue weighted by Crippen LogP contribution is -2.50. The van der Waals surface area contributed by atoms with Gasteiger partial charge < -0.3 is 4.74 Å². The molecule has 32 heavy (non-hydrogen) atoms. The van der Waals surface area contributed by atoms with Gasteiger partial charge in [-0.05, 0) is 23.6 Å². The summed E-state index contributed by atoms with van der Waals surface area (Å²) < 4.78 is 5.71. The molecule has 0 aromatic heterocycles. The van der Waals surface area contributed by atoms with Crippen molar-refractivity contribution in [1.82, 2.24) is 9.80 Å². The van der Waals surface area contributed by atoms with Gasteiger partial charge in [-0.15, -0.1) is 0 Å². The average molecular weight is 423 g/mol. The Morgan fingerprint density at radius 1 is 0.750 bits per heavy atom. The molecule has 1 saturated heterocycles. The molecule has 1 fully saturated rings. The number of hydrogen-bond donors (Lipinski definition) is 0. The minimum absolute atomic E-state index is 0.283. The van der Waals surface area contributed by atoms with Crippen molar-refractivity contribution in [3.05, 3.63) is 102 Å². The maximum atomic E-state index is 10.2. The molecule has 1 heterocycles. The first-order valence-corrected chi connectivity index (χ1v) is 10.8. The van der Waals surface area contributed by atoms with Crippen molar-refractivity contribution in [2.24, 2.45) is 0 Å². The first-order valence-electron chi connectivity index (χ1n) is 10.8. The Labute approximate surface area is 189 Å². The van der Waals surface area contributed by atoms with Crippen LogP contribution in [0.4, 0.5) is 0 Å². The minimum Gasteiger partial charge on any atom is -0.496 e. The van der Waals surface area contributed by atoms with Gasteiger partial charge in [0.15, 0.2) is 0 Å². The van der Waals surface area contributed by atoms with Gasteiger partial charge in [-0.3, -0.25) is 9.80 Å². The van der Waals surface area contributed by atoms with E-state index in [0.717, 1.165) is 42.0 Å². The quantitative estimate of drug-likeness (QED) is 0.544. The second-order valence-electron chi connectivity index (χ2n) is 7.83. The van der Waals surface area contributed by atoms with Crippen LogP contribution in [0.15, 0.2) is 84.9 Å². The highest BCUT2D eigenvalue weighted by Crippen LogP contribution is 2.43. The summed E-state index contributed by atoms with van der Waals surface area (Å²) in [6.45, 7) is 1.50.